The number of rotatable bonds is 11. The van der Waals surface area contributed by atoms with Gasteiger partial charge < -0.3 is 18.9 Å². The molecule has 12 heteroatoms. The number of sulfone groups is 1. The number of hydrogen-bond donors (Lipinski definition) is 1. The van der Waals surface area contributed by atoms with Gasteiger partial charge in [0.15, 0.2) is 21.1 Å². The van der Waals surface area contributed by atoms with Gasteiger partial charge in [-0.25, -0.2) is 13.4 Å². The van der Waals surface area contributed by atoms with Gasteiger partial charge in [-0.1, -0.05) is 35.6 Å². The van der Waals surface area contributed by atoms with Gasteiger partial charge in [0.25, 0.3) is 5.91 Å². The van der Waals surface area contributed by atoms with Gasteiger partial charge in [-0.3, -0.25) is 14.9 Å². The second kappa shape index (κ2) is 12.5. The van der Waals surface area contributed by atoms with E-state index in [1.165, 1.54) is 13.3 Å². The molecule has 1 aliphatic heterocycles. The fourth-order valence-corrected chi connectivity index (χ4v) is 6.61. The van der Waals surface area contributed by atoms with E-state index in [0.29, 0.717) is 60.4 Å². The van der Waals surface area contributed by atoms with Crippen molar-refractivity contribution in [1.29, 1.82) is 0 Å². The number of hydrogen-bond acceptors (Lipinski definition) is 10. The van der Waals surface area contributed by atoms with Crippen molar-refractivity contribution in [1.82, 2.24) is 4.98 Å². The molecule has 0 radical (unpaired) electrons. The highest BCUT2D eigenvalue weighted by molar-refractivity contribution is 7.92. The molecule has 1 atom stereocenters. The third-order valence-corrected chi connectivity index (χ3v) is 9.71. The molecule has 1 saturated heterocycles. The van der Waals surface area contributed by atoms with Gasteiger partial charge in [0.05, 0.1) is 36.0 Å². The highest BCUT2D eigenvalue weighted by Gasteiger charge is 2.37. The quantitative estimate of drug-likeness (QED) is 0.324. The summed E-state index contributed by atoms with van der Waals surface area (Å²) in [5.41, 5.74) is 1.35. The number of aromatic nitrogens is 1. The Hall–Kier alpha value is -3.32. The molecule has 1 aromatic heterocycles. The number of esters is 1. The number of ether oxygens (including phenoxy) is 4. The summed E-state index contributed by atoms with van der Waals surface area (Å²) in [6.07, 6.45) is 3.23. The second-order valence-electron chi connectivity index (χ2n) is 9.61. The number of thiazole rings is 1. The van der Waals surface area contributed by atoms with E-state index in [9.17, 15) is 18.0 Å². The first-order valence-corrected chi connectivity index (χ1v) is 15.4. The maximum absolute atomic E-state index is 13.4. The minimum atomic E-state index is -3.34. The van der Waals surface area contributed by atoms with Crippen molar-refractivity contribution >= 4 is 38.2 Å². The van der Waals surface area contributed by atoms with Crippen molar-refractivity contribution in [3.63, 3.8) is 0 Å². The number of benzene rings is 2. The summed E-state index contributed by atoms with van der Waals surface area (Å²) >= 11 is 1.15. The first kappa shape index (κ1) is 28.2. The number of nitrogens with zero attached hydrogens (tertiary/aromatic N) is 1. The van der Waals surface area contributed by atoms with Gasteiger partial charge in [-0.05, 0) is 61.1 Å². The molecule has 1 aliphatic carbocycles. The molecule has 1 saturated carbocycles. The van der Waals surface area contributed by atoms with Crippen molar-refractivity contribution in [3.8, 4) is 10.8 Å². The topological polar surface area (TPSA) is 130 Å². The van der Waals surface area contributed by atoms with E-state index in [0.717, 1.165) is 16.9 Å². The number of carbonyl (C=O) groups excluding carboxylic acids is 2. The smallest absolute Gasteiger partial charge is 0.309 e. The van der Waals surface area contributed by atoms with Crippen LogP contribution in [-0.4, -0.2) is 57.0 Å². The fourth-order valence-electron chi connectivity index (χ4n) is 4.26. The van der Waals surface area contributed by atoms with Crippen LogP contribution < -0.4 is 10.1 Å². The van der Waals surface area contributed by atoms with Gasteiger partial charge in [-0.2, -0.15) is 0 Å². The van der Waals surface area contributed by atoms with E-state index in [1.54, 1.807) is 48.5 Å². The Bertz CT molecular complexity index is 1430. The molecular formula is C28H30N2O8S2. The summed E-state index contributed by atoms with van der Waals surface area (Å²) in [7, 11) is -1.99. The standard InChI is InChI=1S/C28H30N2O8S2/c1-35-24(31)16-18-2-6-20(7-3-18)37-25-17-29-28(39-25)30-27(32)26(38-21-12-14-36-15-13-21)19-4-8-22(9-5-19)40(33,34)23-10-11-23/h2-9,17,21,23,26H,10-16H2,1H3,(H,29,30,32). The minimum absolute atomic E-state index is 0.170. The largest absolute Gasteiger partial charge is 0.469 e. The zero-order chi connectivity index (χ0) is 28.1. The maximum atomic E-state index is 13.4. The van der Waals surface area contributed by atoms with Crippen molar-refractivity contribution in [2.75, 3.05) is 25.6 Å². The van der Waals surface area contributed by atoms with Crippen LogP contribution >= 0.6 is 11.3 Å². The fraction of sp³-hybridized carbons (Fsp3) is 0.393. The number of methoxy groups -OCH3 is 1. The predicted molar refractivity (Wildman–Crippen MR) is 147 cm³/mol. The Balaban J connectivity index is 1.27. The number of amides is 1. The average molecular weight is 587 g/mol. The van der Waals surface area contributed by atoms with Crippen molar-refractivity contribution in [2.24, 2.45) is 0 Å². The maximum Gasteiger partial charge on any atom is 0.309 e. The van der Waals surface area contributed by atoms with Gasteiger partial charge in [0.1, 0.15) is 5.75 Å². The summed E-state index contributed by atoms with van der Waals surface area (Å²) in [4.78, 5) is 29.4. The summed E-state index contributed by atoms with van der Waals surface area (Å²) in [5, 5.41) is 3.29. The summed E-state index contributed by atoms with van der Waals surface area (Å²) in [6, 6.07) is 13.4. The van der Waals surface area contributed by atoms with E-state index in [1.807, 2.05) is 0 Å². The average Bonchev–Trinajstić information content (AvgIpc) is 3.75. The monoisotopic (exact) mass is 586 g/mol. The summed E-state index contributed by atoms with van der Waals surface area (Å²) < 4.78 is 47.4. The lowest BCUT2D eigenvalue weighted by Crippen LogP contribution is -2.31. The van der Waals surface area contributed by atoms with E-state index in [2.05, 4.69) is 15.0 Å². The molecule has 1 amide bonds. The molecule has 2 aliphatic rings. The lowest BCUT2D eigenvalue weighted by atomic mass is 10.1. The summed E-state index contributed by atoms with van der Waals surface area (Å²) in [6.45, 7) is 1.10. The van der Waals surface area contributed by atoms with Crippen molar-refractivity contribution in [2.45, 2.75) is 54.5 Å². The molecule has 2 heterocycles. The predicted octanol–water partition coefficient (Wildman–Crippen LogP) is 4.46. The minimum Gasteiger partial charge on any atom is -0.469 e. The molecule has 3 aromatic rings. The Morgan fingerprint density at radius 3 is 2.40 bits per heavy atom. The van der Waals surface area contributed by atoms with Crippen LogP contribution in [0, 0.1) is 0 Å². The molecule has 10 nitrogen and oxygen atoms in total. The van der Waals surface area contributed by atoms with Crippen LogP contribution in [0.25, 0.3) is 0 Å². The Morgan fingerprint density at radius 1 is 1.05 bits per heavy atom. The first-order chi connectivity index (χ1) is 19.3. The molecular weight excluding hydrogens is 556 g/mol. The number of nitrogens with one attached hydrogen (secondary N) is 1. The van der Waals surface area contributed by atoms with E-state index >= 15 is 0 Å². The highest BCUT2D eigenvalue weighted by Crippen LogP contribution is 2.35. The van der Waals surface area contributed by atoms with Crippen LogP contribution in [0.5, 0.6) is 10.8 Å². The Labute approximate surface area is 236 Å². The molecule has 2 fully saturated rings. The van der Waals surface area contributed by atoms with Gasteiger partial charge in [-0.15, -0.1) is 0 Å². The van der Waals surface area contributed by atoms with Crippen LogP contribution in [0.15, 0.2) is 59.6 Å². The second-order valence-corrected chi connectivity index (χ2v) is 12.8. The van der Waals surface area contributed by atoms with E-state index < -0.39 is 21.8 Å². The SMILES string of the molecule is COC(=O)Cc1ccc(Oc2cnc(NC(=O)C(OC3CCOCC3)c3ccc(S(=O)(=O)C4CC4)cc3)s2)cc1. The van der Waals surface area contributed by atoms with Crippen LogP contribution in [0.4, 0.5) is 5.13 Å². The van der Waals surface area contributed by atoms with Crippen LogP contribution in [0.1, 0.15) is 42.9 Å². The van der Waals surface area contributed by atoms with E-state index in [4.69, 9.17) is 14.2 Å². The lowest BCUT2D eigenvalue weighted by molar-refractivity contribution is -0.139. The molecule has 2 aromatic carbocycles. The molecule has 40 heavy (non-hydrogen) atoms. The third kappa shape index (κ3) is 7.05. The lowest BCUT2D eigenvalue weighted by Gasteiger charge is -2.27. The molecule has 5 rings (SSSR count). The molecule has 1 unspecified atom stereocenters. The van der Waals surface area contributed by atoms with Gasteiger partial charge in [0, 0.05) is 13.2 Å². The third-order valence-electron chi connectivity index (χ3n) is 6.64. The number of anilines is 1. The first-order valence-electron chi connectivity index (χ1n) is 13.0. The van der Waals surface area contributed by atoms with Crippen molar-refractivity contribution in [3.05, 3.63) is 65.9 Å². The molecule has 212 valence electrons. The number of carbonyl (C=O) groups is 2. The Morgan fingerprint density at radius 2 is 1.75 bits per heavy atom. The van der Waals surface area contributed by atoms with E-state index in [-0.39, 0.29) is 28.6 Å². The zero-order valence-electron chi connectivity index (χ0n) is 21.9. The molecule has 1 N–H and O–H groups in total. The highest BCUT2D eigenvalue weighted by atomic mass is 32.2. The van der Waals surface area contributed by atoms with Crippen LogP contribution in [0.3, 0.4) is 0 Å². The normalized spacial score (nSPS) is 16.7. The van der Waals surface area contributed by atoms with Crippen LogP contribution in [-0.2, 0) is 40.1 Å². The van der Waals surface area contributed by atoms with Gasteiger partial charge in [0.2, 0.25) is 5.06 Å². The zero-order valence-corrected chi connectivity index (χ0v) is 23.5. The molecule has 0 spiro atoms. The Kier molecular flexibility index (Phi) is 8.79. The summed E-state index contributed by atoms with van der Waals surface area (Å²) in [5.74, 6) is -0.190. The van der Waals surface area contributed by atoms with Crippen LogP contribution in [0.2, 0.25) is 0 Å². The van der Waals surface area contributed by atoms with Gasteiger partial charge >= 0.3 is 5.97 Å². The molecule has 0 bridgehead atoms. The van der Waals surface area contributed by atoms with Crippen molar-refractivity contribution < 1.29 is 37.0 Å².